The van der Waals surface area contributed by atoms with Crippen LogP contribution in [0.1, 0.15) is 29.6 Å². The van der Waals surface area contributed by atoms with E-state index in [9.17, 15) is 9.59 Å². The number of likely N-dealkylation sites (tertiary alicyclic amines) is 1. The zero-order valence-corrected chi connectivity index (χ0v) is 17.4. The molecule has 1 heterocycles. The molecule has 7 heteroatoms. The first-order valence-corrected chi connectivity index (χ1v) is 10.3. The molecule has 0 radical (unpaired) electrons. The van der Waals surface area contributed by atoms with Crippen LogP contribution in [0.15, 0.2) is 48.5 Å². The molecule has 0 bridgehead atoms. The average Bonchev–Trinajstić information content (AvgIpc) is 2.79. The van der Waals surface area contributed by atoms with Crippen molar-refractivity contribution in [1.82, 2.24) is 4.90 Å². The molecule has 0 unspecified atom stereocenters. The maximum atomic E-state index is 12.5. The predicted octanol–water partition coefficient (Wildman–Crippen LogP) is 3.39. The minimum atomic E-state index is -0.156. The Bertz CT molecular complexity index is 815. The van der Waals surface area contributed by atoms with E-state index in [-0.39, 0.29) is 18.4 Å². The Kier molecular flexibility index (Phi) is 8.09. The van der Waals surface area contributed by atoms with E-state index in [2.05, 4.69) is 10.6 Å². The second-order valence-corrected chi connectivity index (χ2v) is 7.20. The number of rotatable bonds is 9. The van der Waals surface area contributed by atoms with Gasteiger partial charge in [0.1, 0.15) is 12.4 Å². The molecule has 1 aliphatic rings. The number of nitrogens with one attached hydrogen (secondary N) is 2. The molecule has 0 aromatic heterocycles. The third-order valence-electron chi connectivity index (χ3n) is 4.92. The number of piperidine rings is 1. The smallest absolute Gasteiger partial charge is 0.253 e. The Labute approximate surface area is 177 Å². The van der Waals surface area contributed by atoms with Crippen LogP contribution in [-0.4, -0.2) is 56.7 Å². The Morgan fingerprint density at radius 3 is 2.23 bits per heavy atom. The molecule has 30 heavy (non-hydrogen) atoms. The zero-order chi connectivity index (χ0) is 21.2. The summed E-state index contributed by atoms with van der Waals surface area (Å²) >= 11 is 0. The maximum absolute atomic E-state index is 12.5. The Morgan fingerprint density at radius 1 is 0.900 bits per heavy atom. The van der Waals surface area contributed by atoms with Crippen molar-refractivity contribution in [3.63, 3.8) is 0 Å². The molecule has 0 spiro atoms. The molecule has 2 aromatic rings. The molecule has 7 nitrogen and oxygen atoms in total. The molecule has 2 amide bonds. The van der Waals surface area contributed by atoms with Gasteiger partial charge in [-0.2, -0.15) is 0 Å². The van der Waals surface area contributed by atoms with E-state index < -0.39 is 0 Å². The largest absolute Gasteiger partial charge is 0.491 e. The van der Waals surface area contributed by atoms with Gasteiger partial charge in [-0.05, 0) is 67.8 Å². The van der Waals surface area contributed by atoms with E-state index in [1.807, 2.05) is 17.0 Å². The lowest BCUT2D eigenvalue weighted by atomic mass is 10.1. The fourth-order valence-electron chi connectivity index (χ4n) is 3.28. The monoisotopic (exact) mass is 411 g/mol. The van der Waals surface area contributed by atoms with Crippen LogP contribution in [0.3, 0.4) is 0 Å². The van der Waals surface area contributed by atoms with Gasteiger partial charge in [0, 0.05) is 37.1 Å². The molecule has 3 rings (SSSR count). The molecule has 2 aromatic carbocycles. The van der Waals surface area contributed by atoms with E-state index in [0.717, 1.165) is 37.4 Å². The first kappa shape index (κ1) is 21.6. The van der Waals surface area contributed by atoms with Gasteiger partial charge < -0.3 is 25.0 Å². The van der Waals surface area contributed by atoms with Crippen molar-refractivity contribution in [3.8, 4) is 5.75 Å². The summed E-state index contributed by atoms with van der Waals surface area (Å²) in [4.78, 5) is 26.6. The van der Waals surface area contributed by atoms with Crippen LogP contribution in [0.5, 0.6) is 5.75 Å². The van der Waals surface area contributed by atoms with Crippen LogP contribution >= 0.6 is 0 Å². The van der Waals surface area contributed by atoms with E-state index >= 15 is 0 Å². The van der Waals surface area contributed by atoms with Crippen LogP contribution in [0.4, 0.5) is 11.4 Å². The second-order valence-electron chi connectivity index (χ2n) is 7.20. The van der Waals surface area contributed by atoms with Crippen LogP contribution in [0.25, 0.3) is 0 Å². The quantitative estimate of drug-likeness (QED) is 0.619. The van der Waals surface area contributed by atoms with Gasteiger partial charge in [-0.1, -0.05) is 0 Å². The third-order valence-corrected chi connectivity index (χ3v) is 4.92. The summed E-state index contributed by atoms with van der Waals surface area (Å²) in [5, 5.41) is 5.92. The second kappa shape index (κ2) is 11.2. The van der Waals surface area contributed by atoms with E-state index in [4.69, 9.17) is 9.47 Å². The highest BCUT2D eigenvalue weighted by atomic mass is 16.5. The summed E-state index contributed by atoms with van der Waals surface area (Å²) in [5.74, 6) is 0.646. The summed E-state index contributed by atoms with van der Waals surface area (Å²) in [5.41, 5.74) is 2.17. The molecule has 0 atom stereocenters. The minimum Gasteiger partial charge on any atom is -0.491 e. The normalized spacial score (nSPS) is 13.6. The number of amides is 2. The van der Waals surface area contributed by atoms with Crippen LogP contribution in [0.2, 0.25) is 0 Å². The van der Waals surface area contributed by atoms with Crippen molar-refractivity contribution in [3.05, 3.63) is 54.1 Å². The summed E-state index contributed by atoms with van der Waals surface area (Å²) in [6, 6.07) is 14.5. The number of hydrogen-bond acceptors (Lipinski definition) is 5. The Balaban J connectivity index is 1.43. The highest BCUT2D eigenvalue weighted by Gasteiger charge is 2.17. The maximum Gasteiger partial charge on any atom is 0.253 e. The number of methoxy groups -OCH3 is 1. The Morgan fingerprint density at radius 2 is 1.57 bits per heavy atom. The molecule has 1 aliphatic heterocycles. The summed E-state index contributed by atoms with van der Waals surface area (Å²) in [6.45, 7) is 2.80. The number of carbonyl (C=O) groups excluding carboxylic acids is 2. The summed E-state index contributed by atoms with van der Waals surface area (Å²) < 4.78 is 10.4. The third kappa shape index (κ3) is 6.49. The molecule has 1 saturated heterocycles. The predicted molar refractivity (Wildman–Crippen MR) is 117 cm³/mol. The van der Waals surface area contributed by atoms with Gasteiger partial charge in [0.2, 0.25) is 5.91 Å². The van der Waals surface area contributed by atoms with Gasteiger partial charge in [-0.25, -0.2) is 0 Å². The number of ether oxygens (including phenoxy) is 2. The van der Waals surface area contributed by atoms with Crippen molar-refractivity contribution < 1.29 is 19.1 Å². The van der Waals surface area contributed by atoms with Gasteiger partial charge in [0.25, 0.3) is 5.91 Å². The van der Waals surface area contributed by atoms with Gasteiger partial charge in [0.05, 0.1) is 13.2 Å². The molecule has 160 valence electrons. The SMILES string of the molecule is COCCOc1ccc(NC(=O)CNc2ccc(C(=O)N3CCCCC3)cc2)cc1. The Hall–Kier alpha value is -3.06. The van der Waals surface area contributed by atoms with Crippen molar-refractivity contribution in [1.29, 1.82) is 0 Å². The topological polar surface area (TPSA) is 79.9 Å². The molecular formula is C23H29N3O4. The summed E-state index contributed by atoms with van der Waals surface area (Å²) in [7, 11) is 1.62. The molecule has 0 saturated carbocycles. The number of benzene rings is 2. The standard InChI is InChI=1S/C23H29N3O4/c1-29-15-16-30-21-11-9-20(10-12-21)25-22(27)17-24-19-7-5-18(6-8-19)23(28)26-13-3-2-4-14-26/h5-12,24H,2-4,13-17H2,1H3,(H,25,27). The van der Waals surface area contributed by atoms with Crippen LogP contribution in [0, 0.1) is 0 Å². The minimum absolute atomic E-state index is 0.0774. The fourth-order valence-corrected chi connectivity index (χ4v) is 3.28. The van der Waals surface area contributed by atoms with Crippen molar-refractivity contribution >= 4 is 23.2 Å². The summed E-state index contributed by atoms with van der Waals surface area (Å²) in [6.07, 6.45) is 3.34. The molecule has 2 N–H and O–H groups in total. The highest BCUT2D eigenvalue weighted by Crippen LogP contribution is 2.17. The fraction of sp³-hybridized carbons (Fsp3) is 0.391. The van der Waals surface area contributed by atoms with Crippen LogP contribution < -0.4 is 15.4 Å². The lowest BCUT2D eigenvalue weighted by Crippen LogP contribution is -2.35. The lowest BCUT2D eigenvalue weighted by molar-refractivity contribution is -0.114. The van der Waals surface area contributed by atoms with Gasteiger partial charge in [0.15, 0.2) is 0 Å². The van der Waals surface area contributed by atoms with Crippen molar-refractivity contribution in [2.45, 2.75) is 19.3 Å². The number of anilines is 2. The molecule has 1 fully saturated rings. The number of hydrogen-bond donors (Lipinski definition) is 2. The van der Waals surface area contributed by atoms with E-state index in [1.165, 1.54) is 6.42 Å². The van der Waals surface area contributed by atoms with Gasteiger partial charge in [-0.3, -0.25) is 9.59 Å². The van der Waals surface area contributed by atoms with Crippen LogP contribution in [-0.2, 0) is 9.53 Å². The zero-order valence-electron chi connectivity index (χ0n) is 17.4. The highest BCUT2D eigenvalue weighted by molar-refractivity contribution is 5.95. The first-order chi connectivity index (χ1) is 14.7. The number of carbonyl (C=O) groups is 2. The molecule has 0 aliphatic carbocycles. The van der Waals surface area contributed by atoms with Crippen molar-refractivity contribution in [2.24, 2.45) is 0 Å². The van der Waals surface area contributed by atoms with E-state index in [0.29, 0.717) is 24.5 Å². The lowest BCUT2D eigenvalue weighted by Gasteiger charge is -2.26. The van der Waals surface area contributed by atoms with Gasteiger partial charge >= 0.3 is 0 Å². The van der Waals surface area contributed by atoms with Crippen molar-refractivity contribution in [2.75, 3.05) is 50.6 Å². The first-order valence-electron chi connectivity index (χ1n) is 10.3. The number of nitrogens with zero attached hydrogens (tertiary/aromatic N) is 1. The molecular weight excluding hydrogens is 382 g/mol. The van der Waals surface area contributed by atoms with E-state index in [1.54, 1.807) is 43.5 Å². The van der Waals surface area contributed by atoms with Gasteiger partial charge in [-0.15, -0.1) is 0 Å². The average molecular weight is 412 g/mol.